The zero-order valence-corrected chi connectivity index (χ0v) is 11.8. The molecule has 0 heterocycles. The van der Waals surface area contributed by atoms with Gasteiger partial charge in [0.05, 0.1) is 12.8 Å². The molecule has 1 aromatic rings. The number of hydrogen-bond donors (Lipinski definition) is 2. The molecule has 0 aliphatic heterocycles. The second-order valence-corrected chi connectivity index (χ2v) is 5.91. The number of nitrogen functional groups attached to an aromatic ring is 1. The molecule has 0 amide bonds. The zero-order valence-electron chi connectivity index (χ0n) is 11.0. The third-order valence-corrected chi connectivity index (χ3v) is 4.23. The largest absolute Gasteiger partial charge is 0.495 e. The Bertz CT molecular complexity index is 514. The highest BCUT2D eigenvalue weighted by Gasteiger charge is 2.21. The van der Waals surface area contributed by atoms with Gasteiger partial charge in [0.25, 0.3) is 0 Å². The molecule has 0 radical (unpaired) electrons. The van der Waals surface area contributed by atoms with Gasteiger partial charge in [-0.15, -0.1) is 0 Å². The normalized spacial score (nSPS) is 11.9. The second kappa shape index (κ2) is 5.45. The smallest absolute Gasteiger partial charge is 0.301 e. The molecule has 0 aromatic heterocycles. The Labute approximate surface area is 108 Å². The minimum Gasteiger partial charge on any atom is -0.495 e. The SMILES string of the molecule is COc1ccc(N)cc1NS(=O)(=O)N(C)C(C)C. The lowest BCUT2D eigenvalue weighted by molar-refractivity contribution is 0.410. The standard InChI is InChI=1S/C11H19N3O3S/c1-8(2)14(3)18(15,16)13-10-7-9(12)5-6-11(10)17-4/h5-8,13H,12H2,1-4H3. The van der Waals surface area contributed by atoms with Gasteiger partial charge in [-0.1, -0.05) is 0 Å². The number of nitrogens with one attached hydrogen (secondary N) is 1. The van der Waals surface area contributed by atoms with Crippen LogP contribution in [-0.2, 0) is 10.2 Å². The Morgan fingerprint density at radius 3 is 2.50 bits per heavy atom. The number of ether oxygens (including phenoxy) is 1. The van der Waals surface area contributed by atoms with Crippen LogP contribution in [0.3, 0.4) is 0 Å². The Hall–Kier alpha value is -1.47. The van der Waals surface area contributed by atoms with E-state index in [-0.39, 0.29) is 6.04 Å². The Morgan fingerprint density at radius 2 is 2.00 bits per heavy atom. The van der Waals surface area contributed by atoms with Crippen LogP contribution in [0.5, 0.6) is 5.75 Å². The summed E-state index contributed by atoms with van der Waals surface area (Å²) >= 11 is 0. The number of anilines is 2. The van der Waals surface area contributed by atoms with Gasteiger partial charge in [-0.2, -0.15) is 12.7 Å². The topological polar surface area (TPSA) is 84.7 Å². The first-order valence-corrected chi connectivity index (χ1v) is 6.91. The molecule has 1 rings (SSSR count). The van der Waals surface area contributed by atoms with Crippen molar-refractivity contribution in [3.05, 3.63) is 18.2 Å². The van der Waals surface area contributed by atoms with Crippen LogP contribution in [0.25, 0.3) is 0 Å². The van der Waals surface area contributed by atoms with E-state index < -0.39 is 10.2 Å². The minimum absolute atomic E-state index is 0.144. The van der Waals surface area contributed by atoms with E-state index >= 15 is 0 Å². The maximum atomic E-state index is 12.0. The van der Waals surface area contributed by atoms with Gasteiger partial charge in [-0.3, -0.25) is 4.72 Å². The van der Waals surface area contributed by atoms with Crippen molar-refractivity contribution in [3.63, 3.8) is 0 Å². The molecular weight excluding hydrogens is 254 g/mol. The molecule has 0 fully saturated rings. The lowest BCUT2D eigenvalue weighted by Crippen LogP contribution is -2.37. The summed E-state index contributed by atoms with van der Waals surface area (Å²) in [7, 11) is -0.641. The van der Waals surface area contributed by atoms with E-state index in [9.17, 15) is 8.42 Å². The highest BCUT2D eigenvalue weighted by molar-refractivity contribution is 7.90. The summed E-state index contributed by atoms with van der Waals surface area (Å²) in [6.07, 6.45) is 0. The Balaban J connectivity index is 3.07. The predicted molar refractivity (Wildman–Crippen MR) is 72.8 cm³/mol. The molecule has 0 bridgehead atoms. The van der Waals surface area contributed by atoms with Crippen molar-refractivity contribution in [2.45, 2.75) is 19.9 Å². The minimum atomic E-state index is -3.61. The molecule has 1 aromatic carbocycles. The van der Waals surface area contributed by atoms with Crippen LogP contribution >= 0.6 is 0 Å². The van der Waals surface area contributed by atoms with Gasteiger partial charge in [-0.25, -0.2) is 0 Å². The molecule has 6 nitrogen and oxygen atoms in total. The molecule has 102 valence electrons. The predicted octanol–water partition coefficient (Wildman–Crippen LogP) is 1.27. The van der Waals surface area contributed by atoms with E-state index in [1.54, 1.807) is 26.0 Å². The number of methoxy groups -OCH3 is 1. The van der Waals surface area contributed by atoms with E-state index in [0.29, 0.717) is 17.1 Å². The summed E-state index contributed by atoms with van der Waals surface area (Å²) in [5, 5.41) is 0. The fourth-order valence-electron chi connectivity index (χ4n) is 1.29. The molecule has 0 saturated carbocycles. The van der Waals surface area contributed by atoms with Crippen molar-refractivity contribution in [1.29, 1.82) is 0 Å². The number of nitrogens with two attached hydrogens (primary N) is 1. The highest BCUT2D eigenvalue weighted by atomic mass is 32.2. The van der Waals surface area contributed by atoms with Crippen molar-refractivity contribution in [3.8, 4) is 5.75 Å². The lowest BCUT2D eigenvalue weighted by atomic mass is 10.2. The van der Waals surface area contributed by atoms with E-state index in [2.05, 4.69) is 4.72 Å². The fraction of sp³-hybridized carbons (Fsp3) is 0.455. The first kappa shape index (κ1) is 14.6. The Kier molecular flexibility index (Phi) is 4.42. The molecule has 0 aliphatic carbocycles. The molecule has 18 heavy (non-hydrogen) atoms. The van der Waals surface area contributed by atoms with Crippen LogP contribution in [0.15, 0.2) is 18.2 Å². The van der Waals surface area contributed by atoms with Crippen molar-refractivity contribution >= 4 is 21.6 Å². The van der Waals surface area contributed by atoms with Crippen molar-refractivity contribution in [1.82, 2.24) is 4.31 Å². The molecule has 0 aliphatic rings. The summed E-state index contributed by atoms with van der Waals surface area (Å²) in [4.78, 5) is 0. The summed E-state index contributed by atoms with van der Waals surface area (Å²) in [5.41, 5.74) is 6.42. The van der Waals surface area contributed by atoms with Crippen LogP contribution < -0.4 is 15.2 Å². The molecule has 0 spiro atoms. The first-order chi connectivity index (χ1) is 8.27. The van der Waals surface area contributed by atoms with E-state index in [4.69, 9.17) is 10.5 Å². The van der Waals surface area contributed by atoms with Crippen molar-refractivity contribution in [2.75, 3.05) is 24.6 Å². The molecule has 0 unspecified atom stereocenters. The quantitative estimate of drug-likeness (QED) is 0.791. The van der Waals surface area contributed by atoms with Crippen molar-refractivity contribution in [2.24, 2.45) is 0 Å². The molecule has 0 atom stereocenters. The van der Waals surface area contributed by atoms with Crippen LogP contribution in [0.4, 0.5) is 11.4 Å². The average Bonchev–Trinajstić information content (AvgIpc) is 2.27. The van der Waals surface area contributed by atoms with Crippen molar-refractivity contribution < 1.29 is 13.2 Å². The lowest BCUT2D eigenvalue weighted by Gasteiger charge is -2.22. The molecule has 0 saturated heterocycles. The molecular formula is C11H19N3O3S. The van der Waals surface area contributed by atoms with E-state index in [0.717, 1.165) is 0 Å². The maximum absolute atomic E-state index is 12.0. The fourth-order valence-corrected chi connectivity index (χ4v) is 2.43. The van der Waals surface area contributed by atoms with Crippen LogP contribution in [-0.4, -0.2) is 32.9 Å². The third kappa shape index (κ3) is 3.27. The first-order valence-electron chi connectivity index (χ1n) is 5.47. The highest BCUT2D eigenvalue weighted by Crippen LogP contribution is 2.27. The van der Waals surface area contributed by atoms with Crippen LogP contribution in [0.1, 0.15) is 13.8 Å². The van der Waals surface area contributed by atoms with Gasteiger partial charge in [0, 0.05) is 18.8 Å². The van der Waals surface area contributed by atoms with E-state index in [1.807, 2.05) is 0 Å². The molecule has 3 N–H and O–H groups in total. The monoisotopic (exact) mass is 273 g/mol. The zero-order chi connectivity index (χ0) is 13.9. The summed E-state index contributed by atoms with van der Waals surface area (Å²) < 4.78 is 32.8. The van der Waals surface area contributed by atoms with Gasteiger partial charge in [-0.05, 0) is 32.0 Å². The summed E-state index contributed by atoms with van der Waals surface area (Å²) in [6.45, 7) is 3.58. The Morgan fingerprint density at radius 1 is 1.39 bits per heavy atom. The number of rotatable bonds is 5. The van der Waals surface area contributed by atoms with Gasteiger partial charge in [0.2, 0.25) is 0 Å². The molecule has 7 heteroatoms. The number of benzene rings is 1. The van der Waals surface area contributed by atoms with Crippen LogP contribution in [0.2, 0.25) is 0 Å². The van der Waals surface area contributed by atoms with Gasteiger partial charge in [0.15, 0.2) is 0 Å². The summed E-state index contributed by atoms with van der Waals surface area (Å²) in [6, 6.07) is 4.63. The van der Waals surface area contributed by atoms with Gasteiger partial charge in [0.1, 0.15) is 5.75 Å². The van der Waals surface area contributed by atoms with Gasteiger partial charge < -0.3 is 10.5 Å². The van der Waals surface area contributed by atoms with Gasteiger partial charge >= 0.3 is 10.2 Å². The van der Waals surface area contributed by atoms with E-state index in [1.165, 1.54) is 24.5 Å². The third-order valence-electron chi connectivity index (χ3n) is 2.57. The number of nitrogens with zero attached hydrogens (tertiary/aromatic N) is 1. The van der Waals surface area contributed by atoms with Crippen LogP contribution in [0, 0.1) is 0 Å². The average molecular weight is 273 g/mol. The second-order valence-electron chi connectivity index (χ2n) is 4.18. The summed E-state index contributed by atoms with van der Waals surface area (Å²) in [5.74, 6) is 0.421. The maximum Gasteiger partial charge on any atom is 0.301 e. The number of hydrogen-bond acceptors (Lipinski definition) is 4.